The van der Waals surface area contributed by atoms with Crippen molar-refractivity contribution in [2.24, 2.45) is 0 Å². The Labute approximate surface area is 149 Å². The van der Waals surface area contributed by atoms with Gasteiger partial charge >= 0.3 is 0 Å². The van der Waals surface area contributed by atoms with Gasteiger partial charge in [-0.3, -0.25) is 14.3 Å². The van der Waals surface area contributed by atoms with Crippen molar-refractivity contribution < 1.29 is 4.79 Å². The highest BCUT2D eigenvalue weighted by atomic mass is 35.5. The number of benzene rings is 1. The van der Waals surface area contributed by atoms with Crippen LogP contribution in [0.1, 0.15) is 12.5 Å². The molecule has 7 heteroatoms. The van der Waals surface area contributed by atoms with Crippen molar-refractivity contribution in [1.29, 1.82) is 0 Å². The molecule has 1 aromatic carbocycles. The molecule has 0 aliphatic carbocycles. The highest BCUT2D eigenvalue weighted by Gasteiger charge is 2.18. The van der Waals surface area contributed by atoms with E-state index in [4.69, 9.17) is 11.6 Å². The lowest BCUT2D eigenvalue weighted by Crippen LogP contribution is -2.04. The SMILES string of the molecule is CC(=O)CSc1nnc(-c2ccncc2)n1-c1cccc(Cl)c1C. The third-order valence-corrected chi connectivity index (χ3v) is 4.94. The van der Waals surface area contributed by atoms with Crippen LogP contribution in [0, 0.1) is 6.92 Å². The molecule has 2 aromatic heterocycles. The number of Topliss-reactive ketones (excluding diaryl/α,β-unsaturated/α-hetero) is 1. The van der Waals surface area contributed by atoms with E-state index in [2.05, 4.69) is 15.2 Å². The Morgan fingerprint density at radius 1 is 1.21 bits per heavy atom. The zero-order chi connectivity index (χ0) is 17.1. The fourth-order valence-corrected chi connectivity index (χ4v) is 3.19. The number of carbonyl (C=O) groups excluding carboxylic acids is 1. The van der Waals surface area contributed by atoms with Gasteiger partial charge in [0.25, 0.3) is 0 Å². The molecule has 2 heterocycles. The van der Waals surface area contributed by atoms with E-state index in [-0.39, 0.29) is 5.78 Å². The number of rotatable bonds is 5. The molecular weight excluding hydrogens is 344 g/mol. The van der Waals surface area contributed by atoms with Gasteiger partial charge in [-0.25, -0.2) is 0 Å². The lowest BCUT2D eigenvalue weighted by molar-refractivity contribution is -0.114. The maximum atomic E-state index is 11.4. The average molecular weight is 359 g/mol. The summed E-state index contributed by atoms with van der Waals surface area (Å²) in [6.45, 7) is 3.51. The van der Waals surface area contributed by atoms with E-state index in [0.717, 1.165) is 16.8 Å². The van der Waals surface area contributed by atoms with Gasteiger partial charge in [0.05, 0.1) is 11.4 Å². The molecule has 0 atom stereocenters. The molecule has 122 valence electrons. The van der Waals surface area contributed by atoms with Gasteiger partial charge < -0.3 is 0 Å². The molecule has 3 aromatic rings. The van der Waals surface area contributed by atoms with Gasteiger partial charge in [-0.2, -0.15) is 0 Å². The second-order valence-electron chi connectivity index (χ2n) is 5.25. The van der Waals surface area contributed by atoms with E-state index in [0.29, 0.717) is 21.8 Å². The molecule has 0 fully saturated rings. The Morgan fingerprint density at radius 3 is 2.67 bits per heavy atom. The normalized spacial score (nSPS) is 10.8. The molecule has 0 saturated heterocycles. The fraction of sp³-hybridized carbons (Fsp3) is 0.176. The molecule has 0 spiro atoms. The molecule has 24 heavy (non-hydrogen) atoms. The highest BCUT2D eigenvalue weighted by molar-refractivity contribution is 7.99. The van der Waals surface area contributed by atoms with Crippen LogP contribution in [0.15, 0.2) is 47.9 Å². The predicted molar refractivity (Wildman–Crippen MR) is 95.7 cm³/mol. The van der Waals surface area contributed by atoms with Gasteiger partial charge in [-0.15, -0.1) is 10.2 Å². The molecule has 0 bridgehead atoms. The van der Waals surface area contributed by atoms with Crippen molar-refractivity contribution in [2.75, 3.05) is 5.75 Å². The summed E-state index contributed by atoms with van der Waals surface area (Å²) in [7, 11) is 0. The zero-order valence-corrected chi connectivity index (χ0v) is 14.8. The molecule has 3 rings (SSSR count). The third-order valence-electron chi connectivity index (χ3n) is 3.46. The molecule has 0 radical (unpaired) electrons. The number of ketones is 1. The number of nitrogens with zero attached hydrogens (tertiary/aromatic N) is 4. The first-order chi connectivity index (χ1) is 11.6. The molecule has 0 aliphatic rings. The Hall–Kier alpha value is -2.18. The minimum atomic E-state index is 0.0860. The van der Waals surface area contributed by atoms with Gasteiger partial charge in [0.1, 0.15) is 5.78 Å². The summed E-state index contributed by atoms with van der Waals surface area (Å²) in [5.74, 6) is 1.12. The van der Waals surface area contributed by atoms with Crippen LogP contribution in [0.4, 0.5) is 0 Å². The summed E-state index contributed by atoms with van der Waals surface area (Å²) >= 11 is 7.65. The zero-order valence-electron chi connectivity index (χ0n) is 13.2. The minimum Gasteiger partial charge on any atom is -0.299 e. The molecule has 0 unspecified atom stereocenters. The first-order valence-electron chi connectivity index (χ1n) is 7.31. The van der Waals surface area contributed by atoms with Crippen LogP contribution in [0.2, 0.25) is 5.02 Å². The van der Waals surface area contributed by atoms with E-state index in [9.17, 15) is 4.79 Å². The summed E-state index contributed by atoms with van der Waals surface area (Å²) < 4.78 is 1.93. The maximum Gasteiger partial charge on any atom is 0.196 e. The predicted octanol–water partition coefficient (Wildman–Crippen LogP) is 3.97. The number of hydrogen-bond donors (Lipinski definition) is 0. The van der Waals surface area contributed by atoms with Crippen molar-refractivity contribution in [2.45, 2.75) is 19.0 Å². The number of halogens is 1. The van der Waals surface area contributed by atoms with E-state index in [1.165, 1.54) is 11.8 Å². The Bertz CT molecular complexity index is 880. The first-order valence-corrected chi connectivity index (χ1v) is 8.68. The summed E-state index contributed by atoms with van der Waals surface area (Å²) in [6.07, 6.45) is 3.42. The second-order valence-corrected chi connectivity index (χ2v) is 6.60. The van der Waals surface area contributed by atoms with Crippen molar-refractivity contribution in [3.05, 3.63) is 53.3 Å². The first kappa shape index (κ1) is 16.7. The largest absolute Gasteiger partial charge is 0.299 e. The van der Waals surface area contributed by atoms with Crippen molar-refractivity contribution in [3.8, 4) is 17.1 Å². The number of aromatic nitrogens is 4. The van der Waals surface area contributed by atoms with Crippen LogP contribution in [-0.4, -0.2) is 31.3 Å². The standard InChI is InChI=1S/C17H15ClN4OS/c1-11(23)10-24-17-21-20-16(13-6-8-19-9-7-13)22(17)15-5-3-4-14(18)12(15)2/h3-9H,10H2,1-2H3. The van der Waals surface area contributed by atoms with Crippen LogP contribution in [-0.2, 0) is 4.79 Å². The maximum absolute atomic E-state index is 11.4. The highest BCUT2D eigenvalue weighted by Crippen LogP contribution is 2.31. The lowest BCUT2D eigenvalue weighted by atomic mass is 10.2. The summed E-state index contributed by atoms with van der Waals surface area (Å²) in [4.78, 5) is 15.4. The summed E-state index contributed by atoms with van der Waals surface area (Å²) in [5.41, 5.74) is 2.72. The summed E-state index contributed by atoms with van der Waals surface area (Å²) in [6, 6.07) is 9.45. The molecule has 0 saturated carbocycles. The molecule has 0 amide bonds. The third kappa shape index (κ3) is 3.34. The Balaban J connectivity index is 2.18. The monoisotopic (exact) mass is 358 g/mol. The van der Waals surface area contributed by atoms with Crippen molar-refractivity contribution >= 4 is 29.1 Å². The second kappa shape index (κ2) is 7.15. The molecule has 0 N–H and O–H groups in total. The van der Waals surface area contributed by atoms with E-state index < -0.39 is 0 Å². The number of hydrogen-bond acceptors (Lipinski definition) is 5. The topological polar surface area (TPSA) is 60.7 Å². The van der Waals surface area contributed by atoms with E-state index in [1.807, 2.05) is 41.8 Å². The Morgan fingerprint density at radius 2 is 1.96 bits per heavy atom. The smallest absolute Gasteiger partial charge is 0.196 e. The molecule has 5 nitrogen and oxygen atoms in total. The number of carbonyl (C=O) groups is 1. The van der Waals surface area contributed by atoms with Gasteiger partial charge in [0.2, 0.25) is 0 Å². The molecule has 0 aliphatic heterocycles. The lowest BCUT2D eigenvalue weighted by Gasteiger charge is -2.13. The molecular formula is C17H15ClN4OS. The van der Waals surface area contributed by atoms with E-state index >= 15 is 0 Å². The summed E-state index contributed by atoms with van der Waals surface area (Å²) in [5, 5.41) is 9.92. The van der Waals surface area contributed by atoms with Gasteiger partial charge in [0, 0.05) is 23.0 Å². The van der Waals surface area contributed by atoms with Crippen LogP contribution in [0.25, 0.3) is 17.1 Å². The fourth-order valence-electron chi connectivity index (χ4n) is 2.27. The minimum absolute atomic E-state index is 0.0860. The van der Waals surface area contributed by atoms with E-state index in [1.54, 1.807) is 19.3 Å². The number of pyridine rings is 1. The van der Waals surface area contributed by atoms with Crippen LogP contribution >= 0.6 is 23.4 Å². The van der Waals surface area contributed by atoms with Crippen molar-refractivity contribution in [3.63, 3.8) is 0 Å². The number of thioether (sulfide) groups is 1. The van der Waals surface area contributed by atoms with Gasteiger partial charge in [-0.05, 0) is 43.7 Å². The van der Waals surface area contributed by atoms with Crippen LogP contribution < -0.4 is 0 Å². The van der Waals surface area contributed by atoms with Crippen molar-refractivity contribution in [1.82, 2.24) is 19.7 Å². The Kier molecular flexibility index (Phi) is 4.97. The van der Waals surface area contributed by atoms with Crippen LogP contribution in [0.3, 0.4) is 0 Å². The van der Waals surface area contributed by atoms with Gasteiger partial charge in [0.15, 0.2) is 11.0 Å². The average Bonchev–Trinajstić information content (AvgIpc) is 3.00. The quantitative estimate of drug-likeness (QED) is 0.646. The van der Waals surface area contributed by atoms with Gasteiger partial charge in [-0.1, -0.05) is 29.4 Å². The van der Waals surface area contributed by atoms with Crippen LogP contribution in [0.5, 0.6) is 0 Å².